The quantitative estimate of drug-likeness (QED) is 0.393. The van der Waals surface area contributed by atoms with E-state index in [1.165, 1.54) is 50.8 Å². The average molecular weight is 375 g/mol. The van der Waals surface area contributed by atoms with Crippen molar-refractivity contribution in [1.82, 2.24) is 0 Å². The highest BCUT2D eigenvalue weighted by molar-refractivity contribution is 5.81. The number of nitrogens with zero attached hydrogens (tertiary/aromatic N) is 1. The standard InChI is InChI=1S/C27H36N/c1-7-10-23-21(6)17-20(5)18-25(23)27-14-13-24-22(16-19(3)4)11-9-12-26(24)28(27)15-8-2/h9,11-14,17-19H,7-8,10,15-16H2,1-6H3/q+1. The van der Waals surface area contributed by atoms with Gasteiger partial charge < -0.3 is 0 Å². The van der Waals surface area contributed by atoms with Crippen LogP contribution in [0.15, 0.2) is 42.5 Å². The number of rotatable bonds is 7. The van der Waals surface area contributed by atoms with Crippen molar-refractivity contribution in [3.8, 4) is 11.3 Å². The van der Waals surface area contributed by atoms with Crippen LogP contribution in [0.1, 0.15) is 62.8 Å². The third-order valence-corrected chi connectivity index (χ3v) is 5.63. The largest absolute Gasteiger partial charge is 0.213 e. The van der Waals surface area contributed by atoms with Crippen LogP contribution in [0.2, 0.25) is 0 Å². The molecule has 3 aromatic rings. The van der Waals surface area contributed by atoms with E-state index in [1.54, 1.807) is 0 Å². The Balaban J connectivity index is 2.30. The molecule has 1 nitrogen and oxygen atoms in total. The first-order valence-electron chi connectivity index (χ1n) is 11.0. The van der Waals surface area contributed by atoms with Gasteiger partial charge in [-0.1, -0.05) is 57.9 Å². The summed E-state index contributed by atoms with van der Waals surface area (Å²) in [7, 11) is 0. The molecule has 1 aromatic heterocycles. The second-order valence-corrected chi connectivity index (χ2v) is 8.68. The van der Waals surface area contributed by atoms with Gasteiger partial charge in [0, 0.05) is 29.5 Å². The first-order chi connectivity index (χ1) is 13.5. The number of pyridine rings is 1. The number of aromatic nitrogens is 1. The van der Waals surface area contributed by atoms with E-state index >= 15 is 0 Å². The molecule has 0 aliphatic heterocycles. The molecule has 0 saturated carbocycles. The number of benzene rings is 2. The SMILES string of the molecule is CCCc1c(C)cc(C)cc1-c1ccc2c(CC(C)C)cccc2[n+]1CCC. The molecule has 0 spiro atoms. The van der Waals surface area contributed by atoms with Gasteiger partial charge in [0.25, 0.3) is 0 Å². The molecule has 0 bridgehead atoms. The molecular formula is C27H36N+. The lowest BCUT2D eigenvalue weighted by atomic mass is 9.92. The second kappa shape index (κ2) is 8.90. The fourth-order valence-corrected chi connectivity index (χ4v) is 4.53. The molecule has 0 radical (unpaired) electrons. The average Bonchev–Trinajstić information content (AvgIpc) is 2.64. The number of aryl methyl sites for hydroxylation is 3. The van der Waals surface area contributed by atoms with Crippen LogP contribution in [0, 0.1) is 19.8 Å². The smallest absolute Gasteiger partial charge is 0.191 e. The molecule has 0 aliphatic rings. The minimum Gasteiger partial charge on any atom is -0.191 e. The Morgan fingerprint density at radius 1 is 0.929 bits per heavy atom. The van der Waals surface area contributed by atoms with Gasteiger partial charge in [-0.15, -0.1) is 0 Å². The predicted octanol–water partition coefficient (Wildman–Crippen LogP) is 6.97. The van der Waals surface area contributed by atoms with Crippen LogP contribution in [0.25, 0.3) is 22.2 Å². The monoisotopic (exact) mass is 374 g/mol. The minimum absolute atomic E-state index is 0.667. The zero-order valence-corrected chi connectivity index (χ0v) is 18.6. The molecule has 0 atom stereocenters. The molecule has 0 aliphatic carbocycles. The summed E-state index contributed by atoms with van der Waals surface area (Å²) < 4.78 is 2.56. The van der Waals surface area contributed by atoms with Crippen LogP contribution in [0.3, 0.4) is 0 Å². The number of hydrogen-bond acceptors (Lipinski definition) is 0. The highest BCUT2D eigenvalue weighted by Crippen LogP contribution is 2.29. The molecule has 1 heteroatoms. The normalized spacial score (nSPS) is 11.5. The maximum Gasteiger partial charge on any atom is 0.213 e. The molecule has 0 amide bonds. The summed E-state index contributed by atoms with van der Waals surface area (Å²) in [6.07, 6.45) is 4.59. The summed E-state index contributed by atoms with van der Waals surface area (Å²) >= 11 is 0. The Labute approximate surface area is 171 Å². The highest BCUT2D eigenvalue weighted by atomic mass is 15.0. The third kappa shape index (κ3) is 4.14. The van der Waals surface area contributed by atoms with Crippen molar-refractivity contribution in [2.24, 2.45) is 5.92 Å². The van der Waals surface area contributed by atoms with Crippen molar-refractivity contribution < 1.29 is 4.57 Å². The molecule has 1 heterocycles. The maximum atomic E-state index is 2.56. The first kappa shape index (κ1) is 20.6. The highest BCUT2D eigenvalue weighted by Gasteiger charge is 2.21. The van der Waals surface area contributed by atoms with Crippen molar-refractivity contribution in [3.05, 3.63) is 64.7 Å². The van der Waals surface area contributed by atoms with E-state index in [0.717, 1.165) is 25.8 Å². The van der Waals surface area contributed by atoms with Crippen LogP contribution in [-0.4, -0.2) is 0 Å². The van der Waals surface area contributed by atoms with Crippen LogP contribution in [0.4, 0.5) is 0 Å². The molecule has 0 N–H and O–H groups in total. The molecule has 0 fully saturated rings. The van der Waals surface area contributed by atoms with Gasteiger partial charge in [0.05, 0.1) is 0 Å². The maximum absolute atomic E-state index is 2.56. The molecule has 2 aromatic carbocycles. The minimum atomic E-state index is 0.667. The van der Waals surface area contributed by atoms with Crippen LogP contribution >= 0.6 is 0 Å². The summed E-state index contributed by atoms with van der Waals surface area (Å²) in [5.74, 6) is 0.667. The van der Waals surface area contributed by atoms with Gasteiger partial charge in [0.1, 0.15) is 6.54 Å². The second-order valence-electron chi connectivity index (χ2n) is 8.68. The Bertz CT molecular complexity index is 966. The van der Waals surface area contributed by atoms with Gasteiger partial charge in [0.2, 0.25) is 11.2 Å². The van der Waals surface area contributed by atoms with E-state index in [1.807, 2.05) is 0 Å². The molecule has 148 valence electrons. The van der Waals surface area contributed by atoms with E-state index in [4.69, 9.17) is 0 Å². The van der Waals surface area contributed by atoms with Crippen LogP contribution in [0.5, 0.6) is 0 Å². The topological polar surface area (TPSA) is 3.88 Å². The summed E-state index contributed by atoms with van der Waals surface area (Å²) in [6.45, 7) is 14.7. The predicted molar refractivity (Wildman–Crippen MR) is 122 cm³/mol. The van der Waals surface area contributed by atoms with E-state index in [0.29, 0.717) is 5.92 Å². The zero-order chi connectivity index (χ0) is 20.3. The van der Waals surface area contributed by atoms with Crippen molar-refractivity contribution >= 4 is 10.9 Å². The Morgan fingerprint density at radius 3 is 2.39 bits per heavy atom. The Morgan fingerprint density at radius 2 is 1.71 bits per heavy atom. The van der Waals surface area contributed by atoms with Gasteiger partial charge in [-0.25, -0.2) is 0 Å². The number of hydrogen-bond donors (Lipinski definition) is 0. The van der Waals surface area contributed by atoms with Gasteiger partial charge in [-0.2, -0.15) is 4.57 Å². The lowest BCUT2D eigenvalue weighted by Gasteiger charge is -2.15. The number of fused-ring (bicyclic) bond motifs is 1. The lowest BCUT2D eigenvalue weighted by Crippen LogP contribution is -2.37. The Kier molecular flexibility index (Phi) is 6.54. The molecule has 0 unspecified atom stereocenters. The van der Waals surface area contributed by atoms with E-state index in [2.05, 4.69) is 88.6 Å². The van der Waals surface area contributed by atoms with Crippen LogP contribution in [-0.2, 0) is 19.4 Å². The van der Waals surface area contributed by atoms with Crippen LogP contribution < -0.4 is 4.57 Å². The lowest BCUT2D eigenvalue weighted by molar-refractivity contribution is -0.660. The summed E-state index contributed by atoms with van der Waals surface area (Å²) in [6, 6.07) is 16.3. The van der Waals surface area contributed by atoms with Gasteiger partial charge in [-0.05, 0) is 61.4 Å². The summed E-state index contributed by atoms with van der Waals surface area (Å²) in [4.78, 5) is 0. The van der Waals surface area contributed by atoms with Crippen molar-refractivity contribution in [2.75, 3.05) is 0 Å². The van der Waals surface area contributed by atoms with Gasteiger partial charge >= 0.3 is 0 Å². The van der Waals surface area contributed by atoms with E-state index in [-0.39, 0.29) is 0 Å². The third-order valence-electron chi connectivity index (χ3n) is 5.63. The van der Waals surface area contributed by atoms with Gasteiger partial charge in [-0.3, -0.25) is 0 Å². The Hall–Kier alpha value is -2.15. The summed E-state index contributed by atoms with van der Waals surface area (Å²) in [5, 5.41) is 1.41. The first-order valence-corrected chi connectivity index (χ1v) is 11.0. The van der Waals surface area contributed by atoms with Crippen molar-refractivity contribution in [1.29, 1.82) is 0 Å². The van der Waals surface area contributed by atoms with Gasteiger partial charge in [0.15, 0.2) is 0 Å². The molecule has 28 heavy (non-hydrogen) atoms. The molecular weight excluding hydrogens is 338 g/mol. The molecule has 3 rings (SSSR count). The van der Waals surface area contributed by atoms with Crippen molar-refractivity contribution in [2.45, 2.75) is 73.8 Å². The van der Waals surface area contributed by atoms with E-state index in [9.17, 15) is 0 Å². The van der Waals surface area contributed by atoms with Crippen molar-refractivity contribution in [3.63, 3.8) is 0 Å². The fourth-order valence-electron chi connectivity index (χ4n) is 4.53. The fraction of sp³-hybridized carbons (Fsp3) is 0.444. The summed E-state index contributed by atoms with van der Waals surface area (Å²) in [5.41, 5.74) is 9.92. The zero-order valence-electron chi connectivity index (χ0n) is 18.6. The molecule has 0 saturated heterocycles. The van der Waals surface area contributed by atoms with E-state index < -0.39 is 0 Å².